The molecule has 0 bridgehead atoms. The molecule has 0 radical (unpaired) electrons. The van der Waals surface area contributed by atoms with Gasteiger partial charge in [0.25, 0.3) is 0 Å². The van der Waals surface area contributed by atoms with Gasteiger partial charge >= 0.3 is 0 Å². The topological polar surface area (TPSA) is 59.0 Å². The summed E-state index contributed by atoms with van der Waals surface area (Å²) in [6.07, 6.45) is 2.21. The van der Waals surface area contributed by atoms with Gasteiger partial charge in [0.05, 0.1) is 18.3 Å². The molecule has 0 aromatic rings. The van der Waals surface area contributed by atoms with Crippen LogP contribution in [-0.4, -0.2) is 17.7 Å². The number of nitrogens with two attached hydrogens (primary N) is 1. The molecular formula is C9H16N2O. The summed E-state index contributed by atoms with van der Waals surface area (Å²) in [5, 5.41) is 8.85. The fourth-order valence-corrected chi connectivity index (χ4v) is 1.61. The molecule has 1 heterocycles. The van der Waals surface area contributed by atoms with Gasteiger partial charge in [-0.05, 0) is 13.3 Å². The lowest BCUT2D eigenvalue weighted by molar-refractivity contribution is -0.0842. The molecule has 2 unspecified atom stereocenters. The summed E-state index contributed by atoms with van der Waals surface area (Å²) in [4.78, 5) is 0. The lowest BCUT2D eigenvalue weighted by Crippen LogP contribution is -2.51. The van der Waals surface area contributed by atoms with Crippen LogP contribution in [0.5, 0.6) is 0 Å². The maximum atomic E-state index is 8.85. The van der Waals surface area contributed by atoms with E-state index >= 15 is 0 Å². The van der Waals surface area contributed by atoms with Crippen molar-refractivity contribution >= 4 is 0 Å². The van der Waals surface area contributed by atoms with E-state index in [0.29, 0.717) is 19.4 Å². The van der Waals surface area contributed by atoms with Crippen molar-refractivity contribution in [3.63, 3.8) is 0 Å². The Morgan fingerprint density at radius 3 is 2.83 bits per heavy atom. The highest BCUT2D eigenvalue weighted by atomic mass is 16.5. The molecule has 1 aliphatic rings. The van der Waals surface area contributed by atoms with Gasteiger partial charge < -0.3 is 10.5 Å². The third-order valence-corrected chi connectivity index (χ3v) is 2.66. The summed E-state index contributed by atoms with van der Waals surface area (Å²) < 4.78 is 5.58. The molecule has 0 spiro atoms. The zero-order valence-corrected chi connectivity index (χ0v) is 7.76. The van der Waals surface area contributed by atoms with E-state index in [-0.39, 0.29) is 5.60 Å². The number of hydrogen-bond donors (Lipinski definition) is 1. The Morgan fingerprint density at radius 1 is 1.67 bits per heavy atom. The van der Waals surface area contributed by atoms with E-state index in [2.05, 4.69) is 13.0 Å². The average molecular weight is 168 g/mol. The van der Waals surface area contributed by atoms with Crippen LogP contribution in [-0.2, 0) is 4.74 Å². The monoisotopic (exact) mass is 168 g/mol. The molecule has 68 valence electrons. The fourth-order valence-electron chi connectivity index (χ4n) is 1.61. The second-order valence-corrected chi connectivity index (χ2v) is 3.85. The smallest absolute Gasteiger partial charge is 0.109 e. The number of nitrogens with zero attached hydrogens (tertiary/aromatic N) is 1. The van der Waals surface area contributed by atoms with Gasteiger partial charge in [0.1, 0.15) is 5.54 Å². The van der Waals surface area contributed by atoms with E-state index < -0.39 is 5.54 Å². The number of rotatable bonds is 1. The van der Waals surface area contributed by atoms with Crippen molar-refractivity contribution in [2.75, 3.05) is 6.61 Å². The van der Waals surface area contributed by atoms with E-state index in [1.807, 2.05) is 6.92 Å². The standard InChI is InChI=1S/C9H16N2O/c1-3-8(2)6-9(11,7-10)4-5-12-8/h3-6,11H2,1-2H3. The minimum absolute atomic E-state index is 0.192. The first-order chi connectivity index (χ1) is 5.54. The summed E-state index contributed by atoms with van der Waals surface area (Å²) in [6.45, 7) is 4.68. The largest absolute Gasteiger partial charge is 0.375 e. The predicted octanol–water partition coefficient (Wildman–Crippen LogP) is 1.19. The van der Waals surface area contributed by atoms with E-state index in [1.54, 1.807) is 0 Å². The highest BCUT2D eigenvalue weighted by molar-refractivity contribution is 5.09. The molecule has 1 saturated heterocycles. The highest BCUT2D eigenvalue weighted by Crippen LogP contribution is 2.32. The molecule has 2 N–H and O–H groups in total. The van der Waals surface area contributed by atoms with Crippen molar-refractivity contribution in [1.29, 1.82) is 5.26 Å². The van der Waals surface area contributed by atoms with Crippen LogP contribution in [0.1, 0.15) is 33.1 Å². The quantitative estimate of drug-likeness (QED) is 0.639. The Balaban J connectivity index is 2.70. The van der Waals surface area contributed by atoms with Crippen molar-refractivity contribution in [3.05, 3.63) is 0 Å². The van der Waals surface area contributed by atoms with Crippen molar-refractivity contribution in [3.8, 4) is 6.07 Å². The molecule has 3 heteroatoms. The molecule has 0 aromatic heterocycles. The molecule has 0 aliphatic carbocycles. The van der Waals surface area contributed by atoms with Crippen molar-refractivity contribution in [2.24, 2.45) is 5.73 Å². The van der Waals surface area contributed by atoms with Gasteiger partial charge in [-0.2, -0.15) is 5.26 Å². The first-order valence-electron chi connectivity index (χ1n) is 4.38. The number of nitriles is 1. The zero-order chi connectivity index (χ0) is 9.24. The molecule has 1 aliphatic heterocycles. The molecule has 0 saturated carbocycles. The van der Waals surface area contributed by atoms with Crippen LogP contribution in [0.3, 0.4) is 0 Å². The highest BCUT2D eigenvalue weighted by Gasteiger charge is 2.39. The van der Waals surface area contributed by atoms with Crippen molar-refractivity contribution < 1.29 is 4.74 Å². The Bertz CT molecular complexity index is 211. The minimum Gasteiger partial charge on any atom is -0.375 e. The molecule has 1 rings (SSSR count). The second kappa shape index (κ2) is 3.04. The van der Waals surface area contributed by atoms with Crippen LogP contribution >= 0.6 is 0 Å². The van der Waals surface area contributed by atoms with Crippen LogP contribution in [0.2, 0.25) is 0 Å². The van der Waals surface area contributed by atoms with Gasteiger partial charge in [0.15, 0.2) is 0 Å². The second-order valence-electron chi connectivity index (χ2n) is 3.85. The Labute approximate surface area is 73.5 Å². The summed E-state index contributed by atoms with van der Waals surface area (Å²) in [7, 11) is 0. The van der Waals surface area contributed by atoms with Crippen LogP contribution in [0.4, 0.5) is 0 Å². The van der Waals surface area contributed by atoms with Gasteiger partial charge in [-0.3, -0.25) is 0 Å². The summed E-state index contributed by atoms with van der Waals surface area (Å²) >= 11 is 0. The molecule has 1 fully saturated rings. The van der Waals surface area contributed by atoms with Crippen LogP contribution in [0.25, 0.3) is 0 Å². The number of hydrogen-bond acceptors (Lipinski definition) is 3. The van der Waals surface area contributed by atoms with Gasteiger partial charge in [0, 0.05) is 12.8 Å². The molecule has 0 amide bonds. The third kappa shape index (κ3) is 1.77. The number of ether oxygens (including phenoxy) is 1. The zero-order valence-electron chi connectivity index (χ0n) is 7.76. The van der Waals surface area contributed by atoms with Crippen molar-refractivity contribution in [1.82, 2.24) is 0 Å². The van der Waals surface area contributed by atoms with Gasteiger partial charge in [-0.1, -0.05) is 6.92 Å². The summed E-state index contributed by atoms with van der Waals surface area (Å²) in [5.41, 5.74) is 5.01. The lowest BCUT2D eigenvalue weighted by Gasteiger charge is -2.40. The summed E-state index contributed by atoms with van der Waals surface area (Å²) in [5.74, 6) is 0. The molecule has 2 atom stereocenters. The Morgan fingerprint density at radius 2 is 2.33 bits per heavy atom. The van der Waals surface area contributed by atoms with E-state index in [0.717, 1.165) is 6.42 Å². The Hall–Kier alpha value is -0.590. The predicted molar refractivity (Wildman–Crippen MR) is 46.4 cm³/mol. The average Bonchev–Trinajstić information content (AvgIpc) is 2.05. The first kappa shape index (κ1) is 9.50. The fraction of sp³-hybridized carbons (Fsp3) is 0.889. The Kier molecular flexibility index (Phi) is 2.41. The van der Waals surface area contributed by atoms with Crippen LogP contribution in [0, 0.1) is 11.3 Å². The SMILES string of the molecule is CCC1(C)CC(N)(C#N)CCO1. The third-order valence-electron chi connectivity index (χ3n) is 2.66. The maximum absolute atomic E-state index is 8.85. The minimum atomic E-state index is -0.664. The van der Waals surface area contributed by atoms with E-state index in [9.17, 15) is 0 Å². The van der Waals surface area contributed by atoms with Crippen LogP contribution < -0.4 is 5.73 Å². The van der Waals surface area contributed by atoms with Gasteiger partial charge in [-0.15, -0.1) is 0 Å². The molecule has 0 aromatic carbocycles. The van der Waals surface area contributed by atoms with Crippen molar-refractivity contribution in [2.45, 2.75) is 44.2 Å². The molecule has 12 heavy (non-hydrogen) atoms. The van der Waals surface area contributed by atoms with Crippen LogP contribution in [0.15, 0.2) is 0 Å². The van der Waals surface area contributed by atoms with Gasteiger partial charge in [0.2, 0.25) is 0 Å². The normalized spacial score (nSPS) is 42.2. The molecule has 3 nitrogen and oxygen atoms in total. The molecular weight excluding hydrogens is 152 g/mol. The van der Waals surface area contributed by atoms with E-state index in [1.165, 1.54) is 0 Å². The first-order valence-corrected chi connectivity index (χ1v) is 4.38. The summed E-state index contributed by atoms with van der Waals surface area (Å²) in [6, 6.07) is 2.17. The maximum Gasteiger partial charge on any atom is 0.109 e. The van der Waals surface area contributed by atoms with E-state index in [4.69, 9.17) is 15.7 Å². The van der Waals surface area contributed by atoms with Gasteiger partial charge in [-0.25, -0.2) is 0 Å². The lowest BCUT2D eigenvalue weighted by atomic mass is 9.81.